The molecule has 1 aromatic heterocycles. The largest absolute Gasteiger partial charge is 0.379 e. The van der Waals surface area contributed by atoms with Crippen molar-refractivity contribution in [2.45, 2.75) is 18.9 Å². The summed E-state index contributed by atoms with van der Waals surface area (Å²) in [6.45, 7) is 5.89. The average Bonchev–Trinajstić information content (AvgIpc) is 3.24. The number of rotatable bonds is 4. The number of benzene rings is 2. The van der Waals surface area contributed by atoms with Gasteiger partial charge in [0.1, 0.15) is 0 Å². The van der Waals surface area contributed by atoms with Crippen LogP contribution < -0.4 is 10.2 Å². The number of hydrogen-bond acceptors (Lipinski definition) is 6. The van der Waals surface area contributed by atoms with Gasteiger partial charge in [0.15, 0.2) is 5.13 Å². The SMILES string of the molecule is O=C(Nc1ccccc1)c1ccc2nc(N3CCC(N4CCOCC4)CC3)sc2c1. The summed E-state index contributed by atoms with van der Waals surface area (Å²) in [6, 6.07) is 16.0. The molecular formula is C23H26N4O2S. The Morgan fingerprint density at radius 1 is 1.03 bits per heavy atom. The summed E-state index contributed by atoms with van der Waals surface area (Å²) in [4.78, 5) is 22.4. The van der Waals surface area contributed by atoms with Gasteiger partial charge in [-0.2, -0.15) is 0 Å². The minimum atomic E-state index is -0.0932. The monoisotopic (exact) mass is 422 g/mol. The lowest BCUT2D eigenvalue weighted by molar-refractivity contribution is 0.0115. The molecule has 0 unspecified atom stereocenters. The summed E-state index contributed by atoms with van der Waals surface area (Å²) in [5, 5.41) is 4.01. The number of thiazole rings is 1. The lowest BCUT2D eigenvalue weighted by atomic mass is 10.0. The molecule has 1 N–H and O–H groups in total. The second-order valence-electron chi connectivity index (χ2n) is 7.87. The van der Waals surface area contributed by atoms with Crippen LogP contribution in [0.5, 0.6) is 0 Å². The van der Waals surface area contributed by atoms with E-state index in [2.05, 4.69) is 15.1 Å². The Hall–Kier alpha value is -2.48. The van der Waals surface area contributed by atoms with Crippen molar-refractivity contribution >= 4 is 38.3 Å². The minimum Gasteiger partial charge on any atom is -0.379 e. The summed E-state index contributed by atoms with van der Waals surface area (Å²) in [5.41, 5.74) is 2.42. The molecule has 0 spiro atoms. The predicted octanol–water partition coefficient (Wildman–Crippen LogP) is 3.85. The molecule has 30 heavy (non-hydrogen) atoms. The van der Waals surface area contributed by atoms with Crippen molar-refractivity contribution in [2.24, 2.45) is 0 Å². The third-order valence-corrected chi connectivity index (χ3v) is 7.05. The van der Waals surface area contributed by atoms with Crippen molar-refractivity contribution in [3.8, 4) is 0 Å². The van der Waals surface area contributed by atoms with Gasteiger partial charge in [-0.15, -0.1) is 0 Å². The van der Waals surface area contributed by atoms with Crippen LogP contribution in [0.1, 0.15) is 23.2 Å². The zero-order valence-corrected chi connectivity index (χ0v) is 17.7. The Labute approximate surface area is 180 Å². The number of aromatic nitrogens is 1. The van der Waals surface area contributed by atoms with Crippen LogP contribution in [0.3, 0.4) is 0 Å². The number of carbonyl (C=O) groups is 1. The maximum atomic E-state index is 12.6. The molecule has 2 aliphatic heterocycles. The van der Waals surface area contributed by atoms with E-state index < -0.39 is 0 Å². The first-order valence-corrected chi connectivity index (χ1v) is 11.4. The fraction of sp³-hybridized carbons (Fsp3) is 0.391. The summed E-state index contributed by atoms with van der Waals surface area (Å²) >= 11 is 1.68. The van der Waals surface area contributed by atoms with Crippen molar-refractivity contribution in [2.75, 3.05) is 49.6 Å². The molecule has 0 bridgehead atoms. The summed E-state index contributed by atoms with van der Waals surface area (Å²) < 4.78 is 6.54. The third kappa shape index (κ3) is 4.19. The van der Waals surface area contributed by atoms with Crippen LogP contribution in [0.15, 0.2) is 48.5 Å². The topological polar surface area (TPSA) is 57.7 Å². The van der Waals surface area contributed by atoms with Crippen LogP contribution in [-0.2, 0) is 4.74 Å². The highest BCUT2D eigenvalue weighted by molar-refractivity contribution is 7.22. The highest BCUT2D eigenvalue weighted by Crippen LogP contribution is 2.32. The molecule has 0 atom stereocenters. The second-order valence-corrected chi connectivity index (χ2v) is 8.87. The number of carbonyl (C=O) groups excluding carboxylic acids is 1. The van der Waals surface area contributed by atoms with Gasteiger partial charge in [-0.25, -0.2) is 4.98 Å². The Kier molecular flexibility index (Phi) is 5.66. The van der Waals surface area contributed by atoms with Crippen LogP contribution in [0.2, 0.25) is 0 Å². The first kappa shape index (κ1) is 19.5. The number of para-hydroxylation sites is 1. The van der Waals surface area contributed by atoms with Gasteiger partial charge in [-0.3, -0.25) is 9.69 Å². The van der Waals surface area contributed by atoms with Gasteiger partial charge in [-0.05, 0) is 43.2 Å². The van der Waals surface area contributed by atoms with Gasteiger partial charge in [0, 0.05) is 43.5 Å². The number of piperidine rings is 1. The van der Waals surface area contributed by atoms with Gasteiger partial charge in [0.25, 0.3) is 5.91 Å². The zero-order chi connectivity index (χ0) is 20.3. The Morgan fingerprint density at radius 3 is 2.57 bits per heavy atom. The first-order chi connectivity index (χ1) is 14.8. The number of hydrogen-bond donors (Lipinski definition) is 1. The van der Waals surface area contributed by atoms with E-state index in [1.165, 1.54) is 12.8 Å². The van der Waals surface area contributed by atoms with Gasteiger partial charge < -0.3 is 15.0 Å². The van der Waals surface area contributed by atoms with E-state index in [0.717, 1.165) is 60.4 Å². The molecular weight excluding hydrogens is 396 g/mol. The van der Waals surface area contributed by atoms with Crippen molar-refractivity contribution < 1.29 is 9.53 Å². The molecule has 2 fully saturated rings. The zero-order valence-electron chi connectivity index (χ0n) is 16.9. The highest BCUT2D eigenvalue weighted by Gasteiger charge is 2.27. The lowest BCUT2D eigenvalue weighted by Crippen LogP contribution is -2.49. The van der Waals surface area contributed by atoms with E-state index >= 15 is 0 Å². The lowest BCUT2D eigenvalue weighted by Gasteiger charge is -2.40. The van der Waals surface area contributed by atoms with E-state index in [4.69, 9.17) is 9.72 Å². The van der Waals surface area contributed by atoms with Crippen molar-refractivity contribution in [3.05, 3.63) is 54.1 Å². The van der Waals surface area contributed by atoms with E-state index in [9.17, 15) is 4.79 Å². The van der Waals surface area contributed by atoms with E-state index in [1.54, 1.807) is 11.3 Å². The third-order valence-electron chi connectivity index (χ3n) is 5.97. The molecule has 6 nitrogen and oxygen atoms in total. The summed E-state index contributed by atoms with van der Waals surface area (Å²) in [5.74, 6) is -0.0932. The average molecular weight is 423 g/mol. The van der Waals surface area contributed by atoms with Crippen LogP contribution in [0.4, 0.5) is 10.8 Å². The maximum Gasteiger partial charge on any atom is 0.255 e. The molecule has 2 saturated heterocycles. The van der Waals surface area contributed by atoms with Crippen LogP contribution in [0.25, 0.3) is 10.2 Å². The fourth-order valence-corrected chi connectivity index (χ4v) is 5.34. The molecule has 0 saturated carbocycles. The van der Waals surface area contributed by atoms with Crippen molar-refractivity contribution in [1.29, 1.82) is 0 Å². The summed E-state index contributed by atoms with van der Waals surface area (Å²) in [7, 11) is 0. The number of anilines is 2. The van der Waals surface area contributed by atoms with Crippen LogP contribution in [-0.4, -0.2) is 61.2 Å². The van der Waals surface area contributed by atoms with Crippen molar-refractivity contribution in [3.63, 3.8) is 0 Å². The Morgan fingerprint density at radius 2 is 1.80 bits per heavy atom. The van der Waals surface area contributed by atoms with E-state index in [0.29, 0.717) is 11.6 Å². The number of fused-ring (bicyclic) bond motifs is 1. The van der Waals surface area contributed by atoms with E-state index in [1.807, 2.05) is 48.5 Å². The molecule has 1 amide bonds. The molecule has 0 aliphatic carbocycles. The predicted molar refractivity (Wildman–Crippen MR) is 122 cm³/mol. The molecule has 3 aromatic rings. The maximum absolute atomic E-state index is 12.6. The Balaban J connectivity index is 1.26. The normalized spacial score (nSPS) is 18.6. The molecule has 2 aromatic carbocycles. The molecule has 3 heterocycles. The van der Waals surface area contributed by atoms with Gasteiger partial charge in [-0.1, -0.05) is 29.5 Å². The molecule has 2 aliphatic rings. The second kappa shape index (κ2) is 8.71. The van der Waals surface area contributed by atoms with E-state index in [-0.39, 0.29) is 5.91 Å². The van der Waals surface area contributed by atoms with Gasteiger partial charge in [0.05, 0.1) is 23.4 Å². The molecule has 156 valence electrons. The molecule has 0 radical (unpaired) electrons. The van der Waals surface area contributed by atoms with Gasteiger partial charge >= 0.3 is 0 Å². The number of amides is 1. The first-order valence-electron chi connectivity index (χ1n) is 10.6. The Bertz CT molecular complexity index is 1010. The minimum absolute atomic E-state index is 0.0932. The summed E-state index contributed by atoms with van der Waals surface area (Å²) in [6.07, 6.45) is 2.33. The van der Waals surface area contributed by atoms with Gasteiger partial charge in [0.2, 0.25) is 0 Å². The number of morpholine rings is 1. The molecule has 7 heteroatoms. The van der Waals surface area contributed by atoms with Crippen LogP contribution in [0, 0.1) is 0 Å². The number of nitrogens with zero attached hydrogens (tertiary/aromatic N) is 3. The number of nitrogens with one attached hydrogen (secondary N) is 1. The quantitative estimate of drug-likeness (QED) is 0.692. The fourth-order valence-electron chi connectivity index (χ4n) is 4.28. The number of ether oxygens (including phenoxy) is 1. The standard InChI is InChI=1S/C23H26N4O2S/c28-22(24-18-4-2-1-3-5-18)17-6-7-20-21(16-17)30-23(25-20)27-10-8-19(9-11-27)26-12-14-29-15-13-26/h1-7,16,19H,8-15H2,(H,24,28). The van der Waals surface area contributed by atoms with Crippen LogP contribution >= 0.6 is 11.3 Å². The van der Waals surface area contributed by atoms with Crippen molar-refractivity contribution in [1.82, 2.24) is 9.88 Å². The smallest absolute Gasteiger partial charge is 0.255 e. The molecule has 5 rings (SSSR count). The highest BCUT2D eigenvalue weighted by atomic mass is 32.1.